The number of nitrogens with two attached hydrogens (primary N) is 1. The van der Waals surface area contributed by atoms with Gasteiger partial charge < -0.3 is 25.2 Å². The van der Waals surface area contributed by atoms with Crippen LogP contribution in [-0.4, -0.2) is 59.9 Å². The summed E-state index contributed by atoms with van der Waals surface area (Å²) in [5, 5.41) is 8.92. The van der Waals surface area contributed by atoms with E-state index in [2.05, 4.69) is 30.5 Å². The van der Waals surface area contributed by atoms with E-state index < -0.39 is 51.1 Å². The quantitative estimate of drug-likeness (QED) is 0.0229. The number of carbonyl (C=O) groups excluding carboxylic acids is 2. The number of hydrogen-bond acceptors (Lipinski definition) is 9. The Morgan fingerprint density at radius 2 is 0.794 bits per heavy atom. The molecule has 0 radical (unpaired) electrons. The summed E-state index contributed by atoms with van der Waals surface area (Å²) < 4.78 is 32.9. The topological polar surface area (TPSA) is 172 Å². The van der Waals surface area contributed by atoms with E-state index in [-0.39, 0.29) is 19.4 Å². The van der Waals surface area contributed by atoms with Gasteiger partial charge in [0.1, 0.15) is 12.6 Å². The average Bonchev–Trinajstić information content (AvgIpc) is 3.26. The molecule has 0 aliphatic heterocycles. The first kappa shape index (κ1) is 61.2. The number of carboxylic acids is 1. The second-order valence-electron chi connectivity index (χ2n) is 18.0. The predicted octanol–water partition coefficient (Wildman–Crippen LogP) is 14.8. The van der Waals surface area contributed by atoms with Gasteiger partial charge in [0.05, 0.1) is 13.2 Å². The number of unbranched alkanes of at least 4 members (excludes halogenated alkanes) is 34. The van der Waals surface area contributed by atoms with Crippen molar-refractivity contribution in [3.05, 3.63) is 12.2 Å². The molecule has 0 fully saturated rings. The first-order chi connectivity index (χ1) is 30.6. The highest BCUT2D eigenvalue weighted by Crippen LogP contribution is 2.43. The molecule has 0 heterocycles. The number of rotatable bonds is 50. The van der Waals surface area contributed by atoms with E-state index in [1.807, 2.05) is 0 Å². The van der Waals surface area contributed by atoms with Crippen LogP contribution in [0, 0.1) is 0 Å². The molecule has 0 aliphatic rings. The maximum Gasteiger partial charge on any atom is 0.472 e. The van der Waals surface area contributed by atoms with Gasteiger partial charge in [-0.1, -0.05) is 225 Å². The molecule has 11 nitrogen and oxygen atoms in total. The monoisotopic (exact) mass is 916 g/mol. The van der Waals surface area contributed by atoms with E-state index in [4.69, 9.17) is 24.8 Å². The summed E-state index contributed by atoms with van der Waals surface area (Å²) in [5.41, 5.74) is 5.36. The molecule has 0 spiro atoms. The second kappa shape index (κ2) is 46.7. The minimum atomic E-state index is -4.72. The smallest absolute Gasteiger partial charge is 0.472 e. The average molecular weight is 916 g/mol. The molecule has 4 N–H and O–H groups in total. The van der Waals surface area contributed by atoms with Gasteiger partial charge in [-0.15, -0.1) is 0 Å². The van der Waals surface area contributed by atoms with Crippen LogP contribution in [0.2, 0.25) is 0 Å². The fourth-order valence-electron chi connectivity index (χ4n) is 7.65. The number of carbonyl (C=O) groups is 3. The summed E-state index contributed by atoms with van der Waals surface area (Å²) in [7, 11) is -4.72. The third-order valence-electron chi connectivity index (χ3n) is 11.8. The van der Waals surface area contributed by atoms with Crippen molar-refractivity contribution < 1.29 is 47.5 Å². The van der Waals surface area contributed by atoms with E-state index in [1.54, 1.807) is 0 Å². The Bertz CT molecular complexity index is 1120. The van der Waals surface area contributed by atoms with E-state index in [0.29, 0.717) is 12.8 Å². The van der Waals surface area contributed by atoms with E-state index in [9.17, 15) is 23.8 Å². The lowest BCUT2D eigenvalue weighted by molar-refractivity contribution is -0.161. The maximum absolute atomic E-state index is 12.7. The van der Waals surface area contributed by atoms with Gasteiger partial charge in [-0.05, 0) is 38.5 Å². The minimum Gasteiger partial charge on any atom is -0.480 e. The summed E-state index contributed by atoms with van der Waals surface area (Å²) in [5.74, 6) is -2.36. The summed E-state index contributed by atoms with van der Waals surface area (Å²) >= 11 is 0. The third kappa shape index (κ3) is 46.5. The standard InChI is InChI=1S/C51H98NO10P/c1-3-5-7-9-11-13-15-17-19-21-23-24-25-27-29-31-33-35-37-39-41-43-50(54)62-47(45-60-63(57,58)61-46-48(52)51(55)56)44-59-49(53)42-40-38-36-34-32-30-28-26-22-20-18-16-14-12-10-8-6-4-2/h17,19,47-48H,3-16,18,20-46,52H2,1-2H3,(H,55,56)(H,57,58)/b19-17+/t47-,48+/m1/s1. The van der Waals surface area contributed by atoms with Crippen molar-refractivity contribution in [2.24, 2.45) is 5.73 Å². The van der Waals surface area contributed by atoms with Crippen LogP contribution in [0.25, 0.3) is 0 Å². The van der Waals surface area contributed by atoms with Gasteiger partial charge >= 0.3 is 25.7 Å². The summed E-state index contributed by atoms with van der Waals surface area (Å²) in [4.78, 5) is 46.2. The highest BCUT2D eigenvalue weighted by molar-refractivity contribution is 7.47. The molecule has 63 heavy (non-hydrogen) atoms. The number of allylic oxidation sites excluding steroid dienone is 2. The molecule has 0 saturated heterocycles. The Balaban J connectivity index is 4.20. The molecule has 372 valence electrons. The van der Waals surface area contributed by atoms with Crippen molar-refractivity contribution in [3.63, 3.8) is 0 Å². The van der Waals surface area contributed by atoms with Crippen LogP contribution in [0.1, 0.15) is 264 Å². The number of carboxylic acid groups (broad SMARTS) is 1. The van der Waals surface area contributed by atoms with E-state index >= 15 is 0 Å². The molecule has 1 unspecified atom stereocenters. The van der Waals surface area contributed by atoms with Crippen LogP contribution in [0.3, 0.4) is 0 Å². The molecule has 0 amide bonds. The lowest BCUT2D eigenvalue weighted by Crippen LogP contribution is -2.34. The van der Waals surface area contributed by atoms with Gasteiger partial charge in [-0.3, -0.25) is 23.4 Å². The van der Waals surface area contributed by atoms with Crippen molar-refractivity contribution in [2.45, 2.75) is 276 Å². The van der Waals surface area contributed by atoms with Crippen molar-refractivity contribution in [3.8, 4) is 0 Å². The fourth-order valence-corrected chi connectivity index (χ4v) is 8.43. The Morgan fingerprint density at radius 3 is 1.16 bits per heavy atom. The number of ether oxygens (including phenoxy) is 2. The zero-order valence-corrected chi connectivity index (χ0v) is 41.6. The fraction of sp³-hybridized carbons (Fsp3) is 0.902. The largest absolute Gasteiger partial charge is 0.480 e. The number of phosphoric acid groups is 1. The molecule has 3 atom stereocenters. The van der Waals surface area contributed by atoms with Crippen LogP contribution in [0.4, 0.5) is 0 Å². The number of hydrogen-bond donors (Lipinski definition) is 3. The highest BCUT2D eigenvalue weighted by Gasteiger charge is 2.28. The van der Waals surface area contributed by atoms with Crippen LogP contribution in [-0.2, 0) is 37.5 Å². The summed E-state index contributed by atoms with van der Waals surface area (Å²) in [6, 6.07) is -1.52. The molecule has 0 aromatic rings. The van der Waals surface area contributed by atoms with Crippen molar-refractivity contribution >= 4 is 25.7 Å². The molecular weight excluding hydrogens is 818 g/mol. The molecule has 0 aromatic carbocycles. The zero-order valence-electron chi connectivity index (χ0n) is 40.7. The van der Waals surface area contributed by atoms with Gasteiger partial charge in [0.15, 0.2) is 6.10 Å². The SMILES string of the molecule is CCCCCCCC/C=C/CCCCCCCCCCCCCC(=O)O[C@H](COC(=O)CCCCCCCCCCCCCCCCCCCC)COP(=O)(O)OC[C@H](N)C(=O)O. The van der Waals surface area contributed by atoms with Crippen LogP contribution in [0.15, 0.2) is 12.2 Å². The van der Waals surface area contributed by atoms with E-state index in [1.165, 1.54) is 186 Å². The van der Waals surface area contributed by atoms with Gasteiger partial charge in [0.2, 0.25) is 0 Å². The first-order valence-electron chi connectivity index (χ1n) is 26.2. The molecule has 0 aliphatic carbocycles. The van der Waals surface area contributed by atoms with Crippen molar-refractivity contribution in [1.29, 1.82) is 0 Å². The lowest BCUT2D eigenvalue weighted by atomic mass is 10.0. The second-order valence-corrected chi connectivity index (χ2v) is 19.5. The number of esters is 2. The molecule has 12 heteroatoms. The Kier molecular flexibility index (Phi) is 45.4. The van der Waals surface area contributed by atoms with E-state index in [0.717, 1.165) is 38.5 Å². The summed E-state index contributed by atoms with van der Waals surface area (Å²) in [6.07, 6.45) is 49.9. The van der Waals surface area contributed by atoms with Gasteiger partial charge in [0, 0.05) is 12.8 Å². The summed E-state index contributed by atoms with van der Waals surface area (Å²) in [6.45, 7) is 2.86. The van der Waals surface area contributed by atoms with Gasteiger partial charge in [-0.2, -0.15) is 0 Å². The molecule has 0 bridgehead atoms. The Morgan fingerprint density at radius 1 is 0.476 bits per heavy atom. The normalized spacial score (nSPS) is 13.6. The molecule has 0 saturated carbocycles. The lowest BCUT2D eigenvalue weighted by Gasteiger charge is -2.20. The van der Waals surface area contributed by atoms with Crippen LogP contribution < -0.4 is 5.73 Å². The molecular formula is C51H98NO10P. The maximum atomic E-state index is 12.7. The Hall–Kier alpha value is -1.78. The van der Waals surface area contributed by atoms with Crippen LogP contribution in [0.5, 0.6) is 0 Å². The predicted molar refractivity (Wildman–Crippen MR) is 259 cm³/mol. The Labute approximate surface area is 386 Å². The van der Waals surface area contributed by atoms with Crippen molar-refractivity contribution in [1.82, 2.24) is 0 Å². The zero-order chi connectivity index (χ0) is 46.3. The first-order valence-corrected chi connectivity index (χ1v) is 27.7. The third-order valence-corrected chi connectivity index (χ3v) is 12.7. The molecule has 0 aromatic heterocycles. The highest BCUT2D eigenvalue weighted by atomic mass is 31.2. The van der Waals surface area contributed by atoms with Crippen LogP contribution >= 0.6 is 7.82 Å². The number of aliphatic carboxylic acids is 1. The number of phosphoric ester groups is 1. The molecule has 0 rings (SSSR count). The minimum absolute atomic E-state index is 0.165. The van der Waals surface area contributed by atoms with Crippen molar-refractivity contribution in [2.75, 3.05) is 19.8 Å². The van der Waals surface area contributed by atoms with Gasteiger partial charge in [-0.25, -0.2) is 4.57 Å². The van der Waals surface area contributed by atoms with Gasteiger partial charge in [0.25, 0.3) is 0 Å².